The number of aromatic amines is 1. The van der Waals surface area contributed by atoms with Crippen LogP contribution in [0.5, 0.6) is 5.75 Å². The van der Waals surface area contributed by atoms with E-state index in [1.807, 2.05) is 0 Å². The Morgan fingerprint density at radius 3 is 2.68 bits per heavy atom. The summed E-state index contributed by atoms with van der Waals surface area (Å²) in [6, 6.07) is 7.96. The van der Waals surface area contributed by atoms with E-state index in [0.717, 1.165) is 10.6 Å². The van der Waals surface area contributed by atoms with Crippen molar-refractivity contribution in [2.24, 2.45) is 0 Å². The Balaban J connectivity index is 2.44. The van der Waals surface area contributed by atoms with Gasteiger partial charge in [0, 0.05) is 6.07 Å². The zero-order valence-corrected chi connectivity index (χ0v) is 9.52. The highest BCUT2D eigenvalue weighted by atomic mass is 19.2. The number of phenolic OH excluding ortho intramolecular Hbond substituents is 1. The van der Waals surface area contributed by atoms with E-state index in [2.05, 4.69) is 4.98 Å². The molecule has 0 aliphatic heterocycles. The standard InChI is InChI=1S/C13H8F2N2O2/c14-9-4-5-10-12(11(9)15)17(13(19)16-10)7-2-1-3-8(18)6-7/h1-6,18H,(H,16,19). The number of hydrogen-bond donors (Lipinski definition) is 2. The maximum Gasteiger partial charge on any atom is 0.331 e. The Kier molecular flexibility index (Phi) is 2.38. The number of nitrogens with zero attached hydrogens (tertiary/aromatic N) is 1. The van der Waals surface area contributed by atoms with Gasteiger partial charge in [0.15, 0.2) is 11.6 Å². The van der Waals surface area contributed by atoms with Gasteiger partial charge in [0.05, 0.1) is 11.2 Å². The number of benzene rings is 2. The first-order chi connectivity index (χ1) is 9.08. The molecule has 2 N–H and O–H groups in total. The van der Waals surface area contributed by atoms with E-state index >= 15 is 0 Å². The lowest BCUT2D eigenvalue weighted by Crippen LogP contribution is -2.15. The molecule has 1 aromatic heterocycles. The second-order valence-electron chi connectivity index (χ2n) is 4.04. The number of aromatic nitrogens is 2. The van der Waals surface area contributed by atoms with Gasteiger partial charge < -0.3 is 10.1 Å². The molecule has 4 nitrogen and oxygen atoms in total. The van der Waals surface area contributed by atoms with Crippen LogP contribution in [-0.4, -0.2) is 14.7 Å². The van der Waals surface area contributed by atoms with Crippen molar-refractivity contribution in [2.75, 3.05) is 0 Å². The molecule has 0 saturated heterocycles. The van der Waals surface area contributed by atoms with Crippen molar-refractivity contribution < 1.29 is 13.9 Å². The molecule has 0 spiro atoms. The Labute approximate surface area is 105 Å². The Morgan fingerprint density at radius 1 is 1.16 bits per heavy atom. The fourth-order valence-electron chi connectivity index (χ4n) is 2.01. The molecule has 0 aliphatic rings. The van der Waals surface area contributed by atoms with E-state index < -0.39 is 17.3 Å². The largest absolute Gasteiger partial charge is 0.508 e. The molecule has 2 aromatic carbocycles. The monoisotopic (exact) mass is 262 g/mol. The number of halogens is 2. The smallest absolute Gasteiger partial charge is 0.331 e. The van der Waals surface area contributed by atoms with Gasteiger partial charge >= 0.3 is 5.69 Å². The van der Waals surface area contributed by atoms with Crippen LogP contribution in [0.4, 0.5) is 8.78 Å². The summed E-state index contributed by atoms with van der Waals surface area (Å²) < 4.78 is 28.1. The summed E-state index contributed by atoms with van der Waals surface area (Å²) in [7, 11) is 0. The summed E-state index contributed by atoms with van der Waals surface area (Å²) in [6.45, 7) is 0. The van der Waals surface area contributed by atoms with Crippen LogP contribution in [0.25, 0.3) is 16.7 Å². The third-order valence-corrected chi connectivity index (χ3v) is 2.83. The number of hydrogen-bond acceptors (Lipinski definition) is 2. The summed E-state index contributed by atoms with van der Waals surface area (Å²) in [5.74, 6) is -2.23. The van der Waals surface area contributed by atoms with E-state index in [4.69, 9.17) is 0 Å². The first-order valence-corrected chi connectivity index (χ1v) is 5.46. The van der Waals surface area contributed by atoms with Crippen LogP contribution in [0.2, 0.25) is 0 Å². The lowest BCUT2D eigenvalue weighted by atomic mass is 10.2. The van der Waals surface area contributed by atoms with Gasteiger partial charge in [0.2, 0.25) is 0 Å². The molecule has 96 valence electrons. The maximum atomic E-state index is 13.8. The highest BCUT2D eigenvalue weighted by molar-refractivity contribution is 5.78. The van der Waals surface area contributed by atoms with Gasteiger partial charge in [-0.15, -0.1) is 0 Å². The summed E-state index contributed by atoms with van der Waals surface area (Å²) in [4.78, 5) is 14.3. The lowest BCUT2D eigenvalue weighted by molar-refractivity contribution is 0.475. The number of H-pyrrole nitrogens is 1. The predicted octanol–water partition coefficient (Wildman–Crippen LogP) is 2.30. The zero-order valence-electron chi connectivity index (χ0n) is 9.52. The van der Waals surface area contributed by atoms with E-state index in [9.17, 15) is 18.7 Å². The minimum atomic E-state index is -1.11. The average Bonchev–Trinajstić information content (AvgIpc) is 2.71. The van der Waals surface area contributed by atoms with Gasteiger partial charge in [0.1, 0.15) is 11.3 Å². The highest BCUT2D eigenvalue weighted by Gasteiger charge is 2.16. The summed E-state index contributed by atoms with van der Waals surface area (Å²) >= 11 is 0. The van der Waals surface area contributed by atoms with E-state index in [1.165, 1.54) is 30.3 Å². The molecule has 0 unspecified atom stereocenters. The molecule has 0 fully saturated rings. The minimum Gasteiger partial charge on any atom is -0.508 e. The lowest BCUT2D eigenvalue weighted by Gasteiger charge is -2.04. The van der Waals surface area contributed by atoms with Crippen LogP contribution in [0.15, 0.2) is 41.2 Å². The average molecular weight is 262 g/mol. The van der Waals surface area contributed by atoms with Crippen LogP contribution in [-0.2, 0) is 0 Å². The van der Waals surface area contributed by atoms with E-state index in [-0.39, 0.29) is 22.5 Å². The van der Waals surface area contributed by atoms with Gasteiger partial charge in [-0.05, 0) is 24.3 Å². The third-order valence-electron chi connectivity index (χ3n) is 2.83. The molecule has 19 heavy (non-hydrogen) atoms. The Hall–Kier alpha value is -2.63. The van der Waals surface area contributed by atoms with Gasteiger partial charge in [-0.3, -0.25) is 4.57 Å². The topological polar surface area (TPSA) is 58.0 Å². The molecule has 1 heterocycles. The van der Waals surface area contributed by atoms with Crippen molar-refractivity contribution in [3.63, 3.8) is 0 Å². The molecule has 6 heteroatoms. The normalized spacial score (nSPS) is 11.1. The second kappa shape index (κ2) is 3.94. The molecule has 3 rings (SSSR count). The van der Waals surface area contributed by atoms with Gasteiger partial charge in [-0.1, -0.05) is 6.07 Å². The van der Waals surface area contributed by atoms with Crippen molar-refractivity contribution in [3.8, 4) is 11.4 Å². The molecule has 3 aromatic rings. The first kappa shape index (κ1) is 11.5. The van der Waals surface area contributed by atoms with Gasteiger partial charge in [-0.2, -0.15) is 0 Å². The molecule has 0 radical (unpaired) electrons. The van der Waals surface area contributed by atoms with E-state index in [1.54, 1.807) is 0 Å². The van der Waals surface area contributed by atoms with Crippen LogP contribution in [0.1, 0.15) is 0 Å². The fourth-order valence-corrected chi connectivity index (χ4v) is 2.01. The second-order valence-corrected chi connectivity index (χ2v) is 4.04. The molecule has 0 bridgehead atoms. The van der Waals surface area contributed by atoms with Gasteiger partial charge in [-0.25, -0.2) is 13.6 Å². The van der Waals surface area contributed by atoms with Crippen LogP contribution in [0.3, 0.4) is 0 Å². The fraction of sp³-hybridized carbons (Fsp3) is 0. The quantitative estimate of drug-likeness (QED) is 0.707. The molecular weight excluding hydrogens is 254 g/mol. The molecule has 0 amide bonds. The van der Waals surface area contributed by atoms with Gasteiger partial charge in [0.25, 0.3) is 0 Å². The number of imidazole rings is 1. The van der Waals surface area contributed by atoms with Crippen LogP contribution in [0, 0.1) is 11.6 Å². The summed E-state index contributed by atoms with van der Waals surface area (Å²) in [5, 5.41) is 9.41. The minimum absolute atomic E-state index is 0.0736. The van der Waals surface area contributed by atoms with E-state index in [0.29, 0.717) is 0 Å². The number of phenols is 1. The maximum absolute atomic E-state index is 13.8. The molecule has 0 aliphatic carbocycles. The summed E-state index contributed by atoms with van der Waals surface area (Å²) in [6.07, 6.45) is 0. The number of fused-ring (bicyclic) bond motifs is 1. The van der Waals surface area contributed by atoms with Crippen molar-refractivity contribution in [1.82, 2.24) is 9.55 Å². The Morgan fingerprint density at radius 2 is 1.95 bits per heavy atom. The van der Waals surface area contributed by atoms with Crippen molar-refractivity contribution in [2.45, 2.75) is 0 Å². The highest BCUT2D eigenvalue weighted by Crippen LogP contribution is 2.22. The zero-order chi connectivity index (χ0) is 13.6. The van der Waals surface area contributed by atoms with Crippen LogP contribution >= 0.6 is 0 Å². The number of rotatable bonds is 1. The number of nitrogens with one attached hydrogen (secondary N) is 1. The number of aromatic hydroxyl groups is 1. The summed E-state index contributed by atoms with van der Waals surface area (Å²) in [5.41, 5.74) is -0.353. The van der Waals surface area contributed by atoms with Crippen LogP contribution < -0.4 is 5.69 Å². The SMILES string of the molecule is O=c1[nH]c2ccc(F)c(F)c2n1-c1cccc(O)c1. The Bertz CT molecular complexity index is 836. The third kappa shape index (κ3) is 1.69. The molecule has 0 saturated carbocycles. The predicted molar refractivity (Wildman–Crippen MR) is 65.5 cm³/mol. The van der Waals surface area contributed by atoms with Crippen molar-refractivity contribution in [1.29, 1.82) is 0 Å². The molecular formula is C13H8F2N2O2. The van der Waals surface area contributed by atoms with Crippen molar-refractivity contribution >= 4 is 11.0 Å². The van der Waals surface area contributed by atoms with Crippen molar-refractivity contribution in [3.05, 3.63) is 58.5 Å². The first-order valence-electron chi connectivity index (χ1n) is 5.46. The molecule has 0 atom stereocenters.